The molecule has 1 aliphatic heterocycles. The van der Waals surface area contributed by atoms with Gasteiger partial charge in [-0.2, -0.15) is 18.3 Å². The van der Waals surface area contributed by atoms with E-state index in [1.807, 2.05) is 6.92 Å². The topological polar surface area (TPSA) is 119 Å². The Kier molecular flexibility index (Phi) is 7.92. The summed E-state index contributed by atoms with van der Waals surface area (Å²) in [6, 6.07) is 9.01. The quantitative estimate of drug-likeness (QED) is 0.276. The Morgan fingerprint density at radius 3 is 2.46 bits per heavy atom. The first-order chi connectivity index (χ1) is 19.3. The molecule has 0 saturated heterocycles. The number of halogens is 3. The third-order valence-corrected chi connectivity index (χ3v) is 9.40. The summed E-state index contributed by atoms with van der Waals surface area (Å²) in [5.41, 5.74) is 0.326. The first-order valence-electron chi connectivity index (χ1n) is 13.8. The van der Waals surface area contributed by atoms with E-state index in [-0.39, 0.29) is 31.1 Å². The minimum atomic E-state index is -4.15. The van der Waals surface area contributed by atoms with E-state index < -0.39 is 45.2 Å². The van der Waals surface area contributed by atoms with Gasteiger partial charge in [-0.15, -0.1) is 0 Å². The number of hydrogen-bond acceptors (Lipinski definition) is 6. The first-order valence-corrected chi connectivity index (χ1v) is 15.4. The number of benzene rings is 1. The molecule has 222 valence electrons. The smallest absolute Gasteiger partial charge is 0.389 e. The molecule has 1 aromatic heterocycles. The molecule has 9 nitrogen and oxygen atoms in total. The molecular formula is C28H33F3N4O5S. The van der Waals surface area contributed by atoms with Crippen molar-refractivity contribution < 1.29 is 35.9 Å². The minimum Gasteiger partial charge on any atom is -0.494 e. The molecule has 2 aliphatic carbocycles. The monoisotopic (exact) mass is 594 g/mol. The van der Waals surface area contributed by atoms with Crippen LogP contribution < -0.4 is 14.8 Å². The van der Waals surface area contributed by atoms with Crippen LogP contribution in [0, 0.1) is 0 Å². The SMILES string of the molecule is C[C@@]1(c2ccc(OCCCCCC(F)(F)F)cc2)CC(c2ccn(C3CC3)n2)=C(C(=O)NS(=O)(=O)C2CC2)C(=O)N1. The zero-order valence-corrected chi connectivity index (χ0v) is 23.5. The zero-order chi connectivity index (χ0) is 29.4. The summed E-state index contributed by atoms with van der Waals surface area (Å²) in [6.45, 7) is 2.10. The number of amides is 2. The summed E-state index contributed by atoms with van der Waals surface area (Å²) in [6.07, 6.45) is 0.938. The Balaban J connectivity index is 1.32. The van der Waals surface area contributed by atoms with Gasteiger partial charge < -0.3 is 10.1 Å². The molecule has 1 atom stereocenters. The normalized spacial score (nSPS) is 21.5. The van der Waals surface area contributed by atoms with E-state index in [1.165, 1.54) is 0 Å². The molecule has 0 unspecified atom stereocenters. The number of rotatable bonds is 12. The van der Waals surface area contributed by atoms with Gasteiger partial charge in [0.25, 0.3) is 11.8 Å². The fraction of sp³-hybridized carbons (Fsp3) is 0.536. The number of sulfonamides is 1. The predicted molar refractivity (Wildman–Crippen MR) is 144 cm³/mol. The van der Waals surface area contributed by atoms with Gasteiger partial charge in [-0.3, -0.25) is 14.3 Å². The fourth-order valence-corrected chi connectivity index (χ4v) is 6.25. The number of ether oxygens (including phenoxy) is 1. The van der Waals surface area contributed by atoms with Gasteiger partial charge in [-0.05, 0) is 75.6 Å². The maximum absolute atomic E-state index is 13.4. The second kappa shape index (κ2) is 11.1. The van der Waals surface area contributed by atoms with Crippen LogP contribution in [0.1, 0.15) is 82.0 Å². The molecule has 41 heavy (non-hydrogen) atoms. The summed E-state index contributed by atoms with van der Waals surface area (Å²) in [7, 11) is -3.87. The van der Waals surface area contributed by atoms with Crippen molar-refractivity contribution in [1.29, 1.82) is 0 Å². The fourth-order valence-electron chi connectivity index (χ4n) is 4.97. The lowest BCUT2D eigenvalue weighted by atomic mass is 9.79. The number of carbonyl (C=O) groups excluding carboxylic acids is 2. The highest BCUT2D eigenvalue weighted by Crippen LogP contribution is 2.40. The highest BCUT2D eigenvalue weighted by molar-refractivity contribution is 7.91. The third kappa shape index (κ3) is 7.11. The molecule has 0 bridgehead atoms. The number of alkyl halides is 3. The van der Waals surface area contributed by atoms with Crippen molar-refractivity contribution in [2.75, 3.05) is 6.61 Å². The van der Waals surface area contributed by atoms with Gasteiger partial charge in [-0.25, -0.2) is 13.1 Å². The van der Waals surface area contributed by atoms with Crippen molar-refractivity contribution in [2.45, 2.75) is 87.7 Å². The number of unbranched alkanes of at least 4 members (excludes halogenated alkanes) is 2. The molecule has 2 saturated carbocycles. The van der Waals surface area contributed by atoms with Crippen LogP contribution in [0.3, 0.4) is 0 Å². The lowest BCUT2D eigenvalue weighted by molar-refractivity contribution is -0.135. The van der Waals surface area contributed by atoms with Crippen LogP contribution in [-0.2, 0) is 25.2 Å². The molecule has 5 rings (SSSR count). The lowest BCUT2D eigenvalue weighted by Crippen LogP contribution is -2.51. The molecule has 2 aromatic rings. The highest BCUT2D eigenvalue weighted by atomic mass is 32.2. The molecule has 2 heterocycles. The van der Waals surface area contributed by atoms with Crippen molar-refractivity contribution in [3.05, 3.63) is 53.4 Å². The molecule has 2 N–H and O–H groups in total. The number of nitrogens with zero attached hydrogens (tertiary/aromatic N) is 2. The van der Waals surface area contributed by atoms with Crippen LogP contribution >= 0.6 is 0 Å². The number of carbonyl (C=O) groups is 2. The van der Waals surface area contributed by atoms with Gasteiger partial charge in [0.2, 0.25) is 10.0 Å². The van der Waals surface area contributed by atoms with E-state index in [4.69, 9.17) is 4.74 Å². The third-order valence-electron chi connectivity index (χ3n) is 7.58. The standard InChI is InChI=1S/C28H33F3N4O5S/c1-27(18-5-9-20(10-6-18)40-16-4-2-3-14-28(29,30)31)17-22(23-13-15-35(33-23)19-7-8-19)24(25(36)32-27)26(37)34-41(38,39)21-11-12-21/h5-6,9-10,13,15,19,21H,2-4,7-8,11-12,14,16-17H2,1H3,(H,32,36)(H,34,37)/t27-/m0/s1. The largest absolute Gasteiger partial charge is 0.494 e. The first kappa shape index (κ1) is 29.2. The number of aromatic nitrogens is 2. The average Bonchev–Trinajstić information content (AvgIpc) is 3.83. The summed E-state index contributed by atoms with van der Waals surface area (Å²) in [5.74, 6) is -1.12. The van der Waals surface area contributed by atoms with Crippen LogP contribution in [0.15, 0.2) is 42.1 Å². The Morgan fingerprint density at radius 1 is 1.12 bits per heavy atom. The zero-order valence-electron chi connectivity index (χ0n) is 22.7. The van der Waals surface area contributed by atoms with E-state index in [2.05, 4.69) is 15.1 Å². The summed E-state index contributed by atoms with van der Waals surface area (Å²) in [4.78, 5) is 26.6. The van der Waals surface area contributed by atoms with Gasteiger partial charge >= 0.3 is 6.18 Å². The van der Waals surface area contributed by atoms with Crippen LogP contribution in [-0.4, -0.2) is 48.0 Å². The maximum Gasteiger partial charge on any atom is 0.389 e. The Bertz CT molecular complexity index is 1440. The summed E-state index contributed by atoms with van der Waals surface area (Å²) < 4.78 is 71.4. The highest BCUT2D eigenvalue weighted by Gasteiger charge is 2.43. The van der Waals surface area contributed by atoms with Gasteiger partial charge in [0.05, 0.1) is 29.1 Å². The lowest BCUT2D eigenvalue weighted by Gasteiger charge is -2.37. The van der Waals surface area contributed by atoms with E-state index >= 15 is 0 Å². The summed E-state index contributed by atoms with van der Waals surface area (Å²) >= 11 is 0. The van der Waals surface area contributed by atoms with E-state index in [0.717, 1.165) is 18.4 Å². The molecule has 1 aromatic carbocycles. The maximum atomic E-state index is 13.4. The molecule has 13 heteroatoms. The van der Waals surface area contributed by atoms with Gasteiger partial charge in [0, 0.05) is 24.6 Å². The van der Waals surface area contributed by atoms with Crippen LogP contribution in [0.4, 0.5) is 13.2 Å². The molecule has 0 spiro atoms. The predicted octanol–water partition coefficient (Wildman–Crippen LogP) is 4.52. The van der Waals surface area contributed by atoms with Crippen LogP contribution in [0.2, 0.25) is 0 Å². The molecule has 0 radical (unpaired) electrons. The number of nitrogens with one attached hydrogen (secondary N) is 2. The van der Waals surface area contributed by atoms with Crippen molar-refractivity contribution in [1.82, 2.24) is 19.8 Å². The second-order valence-corrected chi connectivity index (χ2v) is 13.2. The Hall–Kier alpha value is -3.35. The Labute approximate surface area is 236 Å². The molecule has 2 amide bonds. The average molecular weight is 595 g/mol. The van der Waals surface area contributed by atoms with Crippen molar-refractivity contribution in [3.8, 4) is 5.75 Å². The molecular weight excluding hydrogens is 561 g/mol. The molecule has 3 aliphatic rings. The van der Waals surface area contributed by atoms with E-state index in [1.54, 1.807) is 41.2 Å². The van der Waals surface area contributed by atoms with Crippen molar-refractivity contribution in [2.24, 2.45) is 0 Å². The van der Waals surface area contributed by atoms with E-state index in [9.17, 15) is 31.2 Å². The van der Waals surface area contributed by atoms with Gasteiger partial charge in [0.15, 0.2) is 0 Å². The molecule has 2 fully saturated rings. The van der Waals surface area contributed by atoms with Gasteiger partial charge in [-0.1, -0.05) is 12.1 Å². The summed E-state index contributed by atoms with van der Waals surface area (Å²) in [5, 5.41) is 6.88. The van der Waals surface area contributed by atoms with Crippen molar-refractivity contribution >= 4 is 27.4 Å². The van der Waals surface area contributed by atoms with Crippen LogP contribution in [0.25, 0.3) is 5.57 Å². The Morgan fingerprint density at radius 2 is 1.83 bits per heavy atom. The van der Waals surface area contributed by atoms with Gasteiger partial charge in [0.1, 0.15) is 11.3 Å². The van der Waals surface area contributed by atoms with E-state index in [0.29, 0.717) is 42.7 Å². The minimum absolute atomic E-state index is 0.0606. The van der Waals surface area contributed by atoms with Crippen molar-refractivity contribution in [3.63, 3.8) is 0 Å². The number of hydrogen-bond donors (Lipinski definition) is 2. The second-order valence-electron chi connectivity index (χ2n) is 11.2. The van der Waals surface area contributed by atoms with Crippen LogP contribution in [0.5, 0.6) is 5.75 Å².